The molecular formula is C20H33FN2O3S. The normalized spacial score (nSPS) is 15.0. The lowest BCUT2D eigenvalue weighted by atomic mass is 10.2. The molecule has 0 aliphatic carbocycles. The molecule has 0 amide bonds. The van der Waals surface area contributed by atoms with Gasteiger partial charge in [-0.05, 0) is 43.7 Å². The third-order valence-electron chi connectivity index (χ3n) is 3.17. The van der Waals surface area contributed by atoms with E-state index in [0.29, 0.717) is 12.3 Å². The van der Waals surface area contributed by atoms with Gasteiger partial charge in [-0.25, -0.2) is 4.39 Å². The van der Waals surface area contributed by atoms with Crippen LogP contribution in [0.5, 0.6) is 5.75 Å². The number of ether oxygens (including phenoxy) is 1. The molecule has 5 nitrogen and oxygen atoms in total. The van der Waals surface area contributed by atoms with Crippen LogP contribution in [0.4, 0.5) is 4.39 Å². The lowest BCUT2D eigenvalue weighted by molar-refractivity contribution is 0.0939. The summed E-state index contributed by atoms with van der Waals surface area (Å²) in [6.07, 6.45) is 2.97. The van der Waals surface area contributed by atoms with E-state index < -0.39 is 12.5 Å². The molecule has 27 heavy (non-hydrogen) atoms. The molecule has 3 atom stereocenters. The number of nitrogens with one attached hydrogen (secondary N) is 2. The van der Waals surface area contributed by atoms with Gasteiger partial charge in [0.05, 0.1) is 5.25 Å². The van der Waals surface area contributed by atoms with E-state index in [1.807, 2.05) is 38.1 Å². The highest BCUT2D eigenvalue weighted by Gasteiger charge is 2.05. The largest absolute Gasteiger partial charge is 0.492 e. The van der Waals surface area contributed by atoms with Crippen LogP contribution < -0.4 is 15.4 Å². The third-order valence-corrected chi connectivity index (χ3v) is 3.47. The van der Waals surface area contributed by atoms with Crippen LogP contribution in [0.2, 0.25) is 0 Å². The maximum Gasteiger partial charge on any atom is 0.120 e. The number of allylic oxidation sites excluding steroid dienone is 3. The Bertz CT molecular complexity index is 551. The zero-order valence-corrected chi connectivity index (χ0v) is 17.4. The first-order valence-corrected chi connectivity index (χ1v) is 9.65. The number of thiol groups is 1. The lowest BCUT2D eigenvalue weighted by Crippen LogP contribution is -2.41. The lowest BCUT2D eigenvalue weighted by Gasteiger charge is -2.15. The van der Waals surface area contributed by atoms with E-state index in [2.05, 4.69) is 23.3 Å². The summed E-state index contributed by atoms with van der Waals surface area (Å²) in [5.74, 6) is 0.329. The quantitative estimate of drug-likeness (QED) is 0.224. The standard InChI is InChI=1S/C18H27FN2O3S.C2H6/c1-3-4-15(19)9-17(25)12-24-16-7-5-14(6-8-16)10-21-18(23)11-20-13(2)22;1-2/h3-9,13,17-18,20-23,25H,10-12H2,1-2H3;1-2H3/b4-3-,15-9+;. The summed E-state index contributed by atoms with van der Waals surface area (Å²) in [6, 6.07) is 7.37. The zero-order valence-electron chi connectivity index (χ0n) is 16.5. The summed E-state index contributed by atoms with van der Waals surface area (Å²) in [6.45, 7) is 8.33. The minimum Gasteiger partial charge on any atom is -0.492 e. The number of halogens is 1. The molecule has 0 fully saturated rings. The van der Waals surface area contributed by atoms with Crippen LogP contribution in [0.25, 0.3) is 0 Å². The Morgan fingerprint density at radius 3 is 2.41 bits per heavy atom. The van der Waals surface area contributed by atoms with Crippen LogP contribution in [0.1, 0.15) is 33.3 Å². The Hall–Kier alpha value is -1.38. The summed E-state index contributed by atoms with van der Waals surface area (Å²) < 4.78 is 18.9. The Kier molecular flexibility index (Phi) is 14.9. The molecule has 154 valence electrons. The van der Waals surface area contributed by atoms with Crippen molar-refractivity contribution in [3.05, 3.63) is 53.9 Å². The second kappa shape index (κ2) is 15.7. The first kappa shape index (κ1) is 25.6. The van der Waals surface area contributed by atoms with Crippen molar-refractivity contribution in [1.29, 1.82) is 0 Å². The smallest absolute Gasteiger partial charge is 0.120 e. The van der Waals surface area contributed by atoms with E-state index in [-0.39, 0.29) is 24.2 Å². The van der Waals surface area contributed by atoms with E-state index in [4.69, 9.17) is 9.84 Å². The molecule has 0 heterocycles. The van der Waals surface area contributed by atoms with Crippen molar-refractivity contribution >= 4 is 12.6 Å². The maximum absolute atomic E-state index is 13.3. The van der Waals surface area contributed by atoms with Crippen LogP contribution in [0.3, 0.4) is 0 Å². The average molecular weight is 401 g/mol. The molecule has 4 N–H and O–H groups in total. The van der Waals surface area contributed by atoms with Crippen molar-refractivity contribution < 1.29 is 19.3 Å². The Balaban J connectivity index is 0.00000326. The molecule has 1 aromatic rings. The van der Waals surface area contributed by atoms with E-state index in [1.54, 1.807) is 19.9 Å². The Labute approximate surface area is 167 Å². The van der Waals surface area contributed by atoms with Crippen molar-refractivity contribution in [2.24, 2.45) is 0 Å². The molecule has 0 saturated heterocycles. The Morgan fingerprint density at radius 2 is 1.85 bits per heavy atom. The molecular weight excluding hydrogens is 367 g/mol. The van der Waals surface area contributed by atoms with Gasteiger partial charge in [0.1, 0.15) is 30.6 Å². The highest BCUT2D eigenvalue weighted by molar-refractivity contribution is 7.81. The zero-order chi connectivity index (χ0) is 20.7. The average Bonchev–Trinajstić information content (AvgIpc) is 2.65. The molecule has 0 aromatic heterocycles. The fourth-order valence-electron chi connectivity index (χ4n) is 1.92. The maximum atomic E-state index is 13.3. The summed E-state index contributed by atoms with van der Waals surface area (Å²) in [7, 11) is 0. The van der Waals surface area contributed by atoms with Gasteiger partial charge in [-0.1, -0.05) is 32.1 Å². The van der Waals surface area contributed by atoms with Gasteiger partial charge >= 0.3 is 0 Å². The molecule has 3 unspecified atom stereocenters. The van der Waals surface area contributed by atoms with Crippen LogP contribution in [-0.4, -0.2) is 41.1 Å². The minimum absolute atomic E-state index is 0.249. The Morgan fingerprint density at radius 1 is 1.22 bits per heavy atom. The van der Waals surface area contributed by atoms with Gasteiger partial charge in [-0.15, -0.1) is 0 Å². The monoisotopic (exact) mass is 400 g/mol. The summed E-state index contributed by atoms with van der Waals surface area (Å²) in [4.78, 5) is 0. The number of hydrogen-bond acceptors (Lipinski definition) is 6. The molecule has 0 aliphatic rings. The summed E-state index contributed by atoms with van der Waals surface area (Å²) >= 11 is 4.27. The van der Waals surface area contributed by atoms with E-state index in [1.165, 1.54) is 12.2 Å². The van der Waals surface area contributed by atoms with E-state index in [9.17, 15) is 9.50 Å². The molecule has 1 aromatic carbocycles. The molecule has 0 bridgehead atoms. The van der Waals surface area contributed by atoms with Gasteiger partial charge in [0.25, 0.3) is 0 Å². The van der Waals surface area contributed by atoms with Crippen molar-refractivity contribution in [2.75, 3.05) is 13.2 Å². The first-order chi connectivity index (χ1) is 12.9. The predicted molar refractivity (Wildman–Crippen MR) is 113 cm³/mol. The van der Waals surface area contributed by atoms with Crippen LogP contribution in [-0.2, 0) is 6.54 Å². The molecule has 7 heteroatoms. The van der Waals surface area contributed by atoms with Gasteiger partial charge in [0.15, 0.2) is 0 Å². The third kappa shape index (κ3) is 13.4. The predicted octanol–water partition coefficient (Wildman–Crippen LogP) is 3.16. The number of benzene rings is 1. The second-order valence-corrected chi connectivity index (χ2v) is 6.22. The number of hydrogen-bond donors (Lipinski definition) is 5. The fourth-order valence-corrected chi connectivity index (χ4v) is 2.14. The van der Waals surface area contributed by atoms with Gasteiger partial charge < -0.3 is 14.9 Å². The number of aliphatic hydroxyl groups excluding tert-OH is 2. The van der Waals surface area contributed by atoms with E-state index in [0.717, 1.165) is 5.56 Å². The molecule has 0 spiro atoms. The topological polar surface area (TPSA) is 73.8 Å². The molecule has 1 rings (SSSR count). The van der Waals surface area contributed by atoms with Crippen molar-refractivity contribution in [3.63, 3.8) is 0 Å². The SMILES string of the molecule is C/C=C\C(F)=C/C(S)COc1ccc(CNC(O)CNC(C)O)cc1.CC. The van der Waals surface area contributed by atoms with Crippen LogP contribution in [0, 0.1) is 0 Å². The number of aliphatic hydroxyl groups is 2. The van der Waals surface area contributed by atoms with Gasteiger partial charge in [0, 0.05) is 13.1 Å². The second-order valence-electron chi connectivity index (χ2n) is 5.55. The molecule has 0 saturated carbocycles. The summed E-state index contributed by atoms with van der Waals surface area (Å²) in [5.41, 5.74) is 0.977. The van der Waals surface area contributed by atoms with Gasteiger partial charge in [0.2, 0.25) is 0 Å². The summed E-state index contributed by atoms with van der Waals surface area (Å²) in [5, 5.41) is 24.1. The van der Waals surface area contributed by atoms with Gasteiger partial charge in [-0.3, -0.25) is 10.6 Å². The highest BCUT2D eigenvalue weighted by Crippen LogP contribution is 2.14. The fraction of sp³-hybridized carbons (Fsp3) is 0.500. The minimum atomic E-state index is -0.755. The van der Waals surface area contributed by atoms with Crippen LogP contribution >= 0.6 is 12.6 Å². The molecule has 0 aliphatic heterocycles. The molecule has 0 radical (unpaired) electrons. The van der Waals surface area contributed by atoms with Crippen molar-refractivity contribution in [2.45, 2.75) is 51.9 Å². The first-order valence-electron chi connectivity index (χ1n) is 9.13. The highest BCUT2D eigenvalue weighted by atomic mass is 32.1. The van der Waals surface area contributed by atoms with Crippen LogP contribution in [0.15, 0.2) is 48.3 Å². The van der Waals surface area contributed by atoms with Crippen molar-refractivity contribution in [3.8, 4) is 5.75 Å². The van der Waals surface area contributed by atoms with Gasteiger partial charge in [-0.2, -0.15) is 12.6 Å². The number of rotatable bonds is 11. The van der Waals surface area contributed by atoms with Crippen molar-refractivity contribution in [1.82, 2.24) is 10.6 Å². The van der Waals surface area contributed by atoms with E-state index >= 15 is 0 Å².